The van der Waals surface area contributed by atoms with Crippen molar-refractivity contribution in [3.63, 3.8) is 0 Å². The predicted molar refractivity (Wildman–Crippen MR) is 105 cm³/mol. The summed E-state index contributed by atoms with van der Waals surface area (Å²) in [7, 11) is -3.26. The van der Waals surface area contributed by atoms with Gasteiger partial charge in [0.1, 0.15) is 0 Å². The van der Waals surface area contributed by atoms with E-state index in [-0.39, 0.29) is 10.8 Å². The second kappa shape index (κ2) is 8.69. The Labute approximate surface area is 163 Å². The monoisotopic (exact) mass is 400 g/mol. The zero-order chi connectivity index (χ0) is 20.8. The first-order valence-electron chi connectivity index (χ1n) is 8.24. The summed E-state index contributed by atoms with van der Waals surface area (Å²) in [6.07, 6.45) is -0.454. The normalized spacial score (nSPS) is 12.8. The van der Waals surface area contributed by atoms with Crippen molar-refractivity contribution in [3.8, 4) is 11.8 Å². The molecule has 0 bridgehead atoms. The van der Waals surface area contributed by atoms with Crippen LogP contribution in [-0.4, -0.2) is 32.3 Å². The number of nitrogens with one attached hydrogen (secondary N) is 1. The van der Waals surface area contributed by atoms with Crippen molar-refractivity contribution in [1.82, 2.24) is 0 Å². The molecule has 0 heterocycles. The summed E-state index contributed by atoms with van der Waals surface area (Å²) < 4.78 is 30.7. The molecule has 1 amide bonds. The van der Waals surface area contributed by atoms with Gasteiger partial charge in [0.25, 0.3) is 0 Å². The zero-order valence-electron chi connectivity index (χ0n) is 15.4. The summed E-state index contributed by atoms with van der Waals surface area (Å²) in [6, 6.07) is 14.2. The van der Waals surface area contributed by atoms with Crippen molar-refractivity contribution < 1.29 is 22.7 Å². The molecule has 1 unspecified atom stereocenters. The summed E-state index contributed by atoms with van der Waals surface area (Å²) in [5, 5.41) is 2.53. The summed E-state index contributed by atoms with van der Waals surface area (Å²) in [5.41, 5.74) is 7.08. The highest BCUT2D eigenvalue weighted by Crippen LogP contribution is 2.27. The number of rotatable bonds is 5. The van der Waals surface area contributed by atoms with E-state index in [9.17, 15) is 18.0 Å². The maximum absolute atomic E-state index is 13.0. The molecule has 2 aromatic rings. The maximum atomic E-state index is 13.0. The molecule has 3 N–H and O–H groups in total. The molecular formula is C20H20N2O5S. The van der Waals surface area contributed by atoms with Crippen LogP contribution in [0.2, 0.25) is 0 Å². The highest BCUT2D eigenvalue weighted by atomic mass is 32.2. The van der Waals surface area contributed by atoms with Crippen LogP contribution in [0.1, 0.15) is 18.9 Å². The van der Waals surface area contributed by atoms with E-state index in [1.54, 1.807) is 24.3 Å². The van der Waals surface area contributed by atoms with E-state index in [0.717, 1.165) is 7.11 Å². The topological polar surface area (TPSA) is 116 Å². The average molecular weight is 400 g/mol. The molecule has 146 valence electrons. The molecule has 2 rings (SSSR count). The zero-order valence-corrected chi connectivity index (χ0v) is 16.2. The number of hydrogen-bond donors (Lipinski definition) is 2. The molecule has 1 atom stereocenters. The molecule has 0 aromatic heterocycles. The highest BCUT2D eigenvalue weighted by Gasteiger charge is 2.49. The number of anilines is 1. The number of hydrogen-bond acceptors (Lipinski definition) is 6. The molecule has 0 saturated heterocycles. The van der Waals surface area contributed by atoms with Gasteiger partial charge in [-0.2, -0.15) is 0 Å². The van der Waals surface area contributed by atoms with Crippen molar-refractivity contribution >= 4 is 27.4 Å². The second-order valence-electron chi connectivity index (χ2n) is 5.93. The van der Waals surface area contributed by atoms with E-state index in [2.05, 4.69) is 21.9 Å². The predicted octanol–water partition coefficient (Wildman–Crippen LogP) is 1.69. The fraction of sp³-hybridized carbons (Fsp3) is 0.200. The van der Waals surface area contributed by atoms with E-state index < -0.39 is 27.1 Å². The third-order valence-electron chi connectivity index (χ3n) is 3.85. The smallest absolute Gasteiger partial charge is 0.343 e. The molecular weight excluding hydrogens is 380 g/mol. The van der Waals surface area contributed by atoms with Gasteiger partial charge in [0.2, 0.25) is 20.6 Å². The quantitative estimate of drug-likeness (QED) is 0.583. The number of carbonyl (C=O) groups excluding carboxylic acids is 2. The molecule has 0 saturated carbocycles. The van der Waals surface area contributed by atoms with Crippen LogP contribution in [0.25, 0.3) is 0 Å². The lowest BCUT2D eigenvalue weighted by Gasteiger charge is -2.24. The van der Waals surface area contributed by atoms with E-state index >= 15 is 0 Å². The summed E-state index contributed by atoms with van der Waals surface area (Å²) in [4.78, 5) is 20.8. The largest absolute Gasteiger partial charge is 0.467 e. The van der Waals surface area contributed by atoms with E-state index in [4.69, 9.17) is 5.73 Å². The van der Waals surface area contributed by atoms with Gasteiger partial charge in [-0.05, 0) is 36.4 Å². The van der Waals surface area contributed by atoms with Gasteiger partial charge in [-0.25, -0.2) is 13.2 Å². The number of nitrogens with two attached hydrogens (primary N) is 1. The minimum Gasteiger partial charge on any atom is -0.467 e. The van der Waals surface area contributed by atoms with Crippen LogP contribution in [0.4, 0.5) is 5.69 Å². The SMILES string of the molecule is COC(=O)C(N)(CC#Cc1ccccc1)S(=O)(=O)c1ccc(NC(C)=O)cc1. The Hall–Kier alpha value is -3.15. The molecule has 0 aliphatic heterocycles. The number of benzene rings is 2. The van der Waals surface area contributed by atoms with Crippen molar-refractivity contribution in [2.75, 3.05) is 12.4 Å². The lowest BCUT2D eigenvalue weighted by Crippen LogP contribution is -2.55. The standard InChI is InChI=1S/C20H20N2O5S/c1-15(23)22-17-10-12-18(13-11-17)28(25,26)20(21,19(24)27-2)14-6-9-16-7-4-3-5-8-16/h3-5,7-8,10-13H,14,21H2,1-2H3,(H,22,23). The van der Waals surface area contributed by atoms with E-state index in [1.165, 1.54) is 31.2 Å². The van der Waals surface area contributed by atoms with Gasteiger partial charge < -0.3 is 15.8 Å². The molecule has 0 aliphatic rings. The first-order valence-corrected chi connectivity index (χ1v) is 9.72. The third kappa shape index (κ3) is 4.57. The fourth-order valence-corrected chi connectivity index (χ4v) is 3.86. The number of esters is 1. The first kappa shape index (κ1) is 21.2. The van der Waals surface area contributed by atoms with Crippen LogP contribution in [-0.2, 0) is 24.2 Å². The number of carbonyl (C=O) groups is 2. The summed E-state index contributed by atoms with van der Waals surface area (Å²) >= 11 is 0. The summed E-state index contributed by atoms with van der Waals surface area (Å²) in [5.74, 6) is 4.04. The third-order valence-corrected chi connectivity index (χ3v) is 6.02. The maximum Gasteiger partial charge on any atom is 0.343 e. The van der Waals surface area contributed by atoms with Gasteiger partial charge in [0, 0.05) is 18.2 Å². The number of methoxy groups -OCH3 is 1. The van der Waals surface area contributed by atoms with Crippen LogP contribution < -0.4 is 11.1 Å². The Balaban J connectivity index is 2.38. The molecule has 8 heteroatoms. The van der Waals surface area contributed by atoms with E-state index in [0.29, 0.717) is 11.3 Å². The van der Waals surface area contributed by atoms with Crippen LogP contribution in [0.5, 0.6) is 0 Å². The fourth-order valence-electron chi connectivity index (χ4n) is 2.38. The molecule has 7 nitrogen and oxygen atoms in total. The van der Waals surface area contributed by atoms with Gasteiger partial charge in [-0.15, -0.1) is 0 Å². The number of ether oxygens (including phenoxy) is 1. The van der Waals surface area contributed by atoms with Crippen molar-refractivity contribution in [2.24, 2.45) is 5.73 Å². The van der Waals surface area contributed by atoms with Gasteiger partial charge in [-0.3, -0.25) is 4.79 Å². The number of amides is 1. The minimum absolute atomic E-state index is 0.184. The van der Waals surface area contributed by atoms with Gasteiger partial charge >= 0.3 is 5.97 Å². The van der Waals surface area contributed by atoms with Crippen LogP contribution in [0, 0.1) is 11.8 Å². The lowest BCUT2D eigenvalue weighted by atomic mass is 10.2. The Morgan fingerprint density at radius 3 is 2.25 bits per heavy atom. The Bertz CT molecular complexity index is 1020. The molecule has 0 radical (unpaired) electrons. The van der Waals surface area contributed by atoms with Crippen LogP contribution >= 0.6 is 0 Å². The minimum atomic E-state index is -4.32. The Morgan fingerprint density at radius 1 is 1.11 bits per heavy atom. The van der Waals surface area contributed by atoms with Crippen molar-refractivity contribution in [1.29, 1.82) is 0 Å². The highest BCUT2D eigenvalue weighted by molar-refractivity contribution is 7.93. The van der Waals surface area contributed by atoms with E-state index in [1.807, 2.05) is 6.07 Å². The van der Waals surface area contributed by atoms with Crippen molar-refractivity contribution in [2.45, 2.75) is 23.1 Å². The molecule has 0 spiro atoms. The second-order valence-corrected chi connectivity index (χ2v) is 8.14. The lowest BCUT2D eigenvalue weighted by molar-refractivity contribution is -0.143. The molecule has 2 aromatic carbocycles. The number of sulfone groups is 1. The summed E-state index contributed by atoms with van der Waals surface area (Å²) in [6.45, 7) is 1.33. The van der Waals surface area contributed by atoms with Gasteiger partial charge in [0.05, 0.1) is 18.4 Å². The van der Waals surface area contributed by atoms with Crippen LogP contribution in [0.3, 0.4) is 0 Å². The molecule has 0 fully saturated rings. The van der Waals surface area contributed by atoms with Gasteiger partial charge in [0.15, 0.2) is 0 Å². The Kier molecular flexibility index (Phi) is 6.57. The average Bonchev–Trinajstić information content (AvgIpc) is 2.67. The molecule has 28 heavy (non-hydrogen) atoms. The van der Waals surface area contributed by atoms with Crippen molar-refractivity contribution in [3.05, 3.63) is 60.2 Å². The Morgan fingerprint density at radius 2 is 1.71 bits per heavy atom. The first-order chi connectivity index (χ1) is 13.2. The van der Waals surface area contributed by atoms with Crippen LogP contribution in [0.15, 0.2) is 59.5 Å². The van der Waals surface area contributed by atoms with Gasteiger partial charge in [-0.1, -0.05) is 30.0 Å². The molecule has 0 aliphatic carbocycles.